The first-order chi connectivity index (χ1) is 15.9. The van der Waals surface area contributed by atoms with E-state index in [1.165, 1.54) is 26.4 Å². The number of rotatable bonds is 8. The molecule has 0 bridgehead atoms. The van der Waals surface area contributed by atoms with Gasteiger partial charge in [0.1, 0.15) is 11.5 Å². The maximum absolute atomic E-state index is 13.0. The van der Waals surface area contributed by atoms with Gasteiger partial charge in [0.15, 0.2) is 11.6 Å². The minimum Gasteiger partial charge on any atom is -0.497 e. The van der Waals surface area contributed by atoms with E-state index in [1.807, 2.05) is 6.07 Å². The van der Waals surface area contributed by atoms with Crippen molar-refractivity contribution in [3.63, 3.8) is 0 Å². The molecule has 0 aliphatic carbocycles. The number of sulfonamides is 1. The quantitative estimate of drug-likeness (QED) is 0.359. The average molecular weight is 467 g/mol. The molecule has 0 unspecified atom stereocenters. The fourth-order valence-corrected chi connectivity index (χ4v) is 4.14. The van der Waals surface area contributed by atoms with E-state index >= 15 is 0 Å². The van der Waals surface area contributed by atoms with Crippen molar-refractivity contribution >= 4 is 38.4 Å². The highest BCUT2D eigenvalue weighted by Gasteiger charge is 2.19. The molecular weight excluding hydrogens is 444 g/mol. The molecule has 0 fully saturated rings. The molecule has 0 radical (unpaired) electrons. The summed E-state index contributed by atoms with van der Waals surface area (Å²) in [6, 6.07) is 18.2. The monoisotopic (exact) mass is 466 g/mol. The van der Waals surface area contributed by atoms with E-state index in [1.54, 1.807) is 48.5 Å². The summed E-state index contributed by atoms with van der Waals surface area (Å²) in [6.45, 7) is -0.179. The van der Waals surface area contributed by atoms with Crippen molar-refractivity contribution in [1.82, 2.24) is 9.97 Å². The Balaban J connectivity index is 1.76. The van der Waals surface area contributed by atoms with Crippen molar-refractivity contribution in [2.45, 2.75) is 11.5 Å². The number of hydrogen-bond acceptors (Lipinski definition) is 8. The van der Waals surface area contributed by atoms with Crippen LogP contribution in [0.4, 0.5) is 17.3 Å². The van der Waals surface area contributed by atoms with E-state index < -0.39 is 10.0 Å². The maximum Gasteiger partial charge on any atom is 0.263 e. The molecule has 0 aliphatic heterocycles. The number of anilines is 3. The Morgan fingerprint density at radius 3 is 1.97 bits per heavy atom. The molecule has 1 heterocycles. The molecule has 0 saturated carbocycles. The van der Waals surface area contributed by atoms with Crippen molar-refractivity contribution in [3.05, 3.63) is 72.3 Å². The molecule has 33 heavy (non-hydrogen) atoms. The van der Waals surface area contributed by atoms with Gasteiger partial charge in [-0.15, -0.1) is 0 Å². The standard InChI is InChI=1S/C23H22N4O5S/c1-31-17-11-16(12-18(13-17)32-2)24-22-23(26-21-6-4-3-5-20(21)25-22)27-33(29,30)19-9-7-15(14-28)8-10-19/h3-13,28H,14H2,1-2H3,(H,24,25)(H,26,27). The van der Waals surface area contributed by atoms with Gasteiger partial charge in [-0.3, -0.25) is 4.72 Å². The molecule has 3 aromatic carbocycles. The minimum absolute atomic E-state index is 0.0294. The molecule has 3 N–H and O–H groups in total. The molecule has 0 amide bonds. The number of nitrogens with zero attached hydrogens (tertiary/aromatic N) is 2. The summed E-state index contributed by atoms with van der Waals surface area (Å²) in [7, 11) is -0.895. The van der Waals surface area contributed by atoms with Crippen LogP contribution in [0.5, 0.6) is 11.5 Å². The van der Waals surface area contributed by atoms with E-state index in [2.05, 4.69) is 20.0 Å². The van der Waals surface area contributed by atoms with Crippen molar-refractivity contribution in [3.8, 4) is 11.5 Å². The van der Waals surface area contributed by atoms with Crippen molar-refractivity contribution in [1.29, 1.82) is 0 Å². The van der Waals surface area contributed by atoms with Gasteiger partial charge < -0.3 is 19.9 Å². The number of hydrogen-bond donors (Lipinski definition) is 3. The van der Waals surface area contributed by atoms with Crippen LogP contribution in [0, 0.1) is 0 Å². The molecule has 0 atom stereocenters. The number of para-hydroxylation sites is 2. The molecule has 10 heteroatoms. The molecule has 0 saturated heterocycles. The lowest BCUT2D eigenvalue weighted by Gasteiger charge is -2.15. The number of aliphatic hydroxyl groups is 1. The summed E-state index contributed by atoms with van der Waals surface area (Å²) in [6.07, 6.45) is 0. The fourth-order valence-electron chi connectivity index (χ4n) is 3.13. The Labute approximate surface area is 191 Å². The van der Waals surface area contributed by atoms with Gasteiger partial charge in [0.25, 0.3) is 10.0 Å². The second kappa shape index (κ2) is 9.31. The summed E-state index contributed by atoms with van der Waals surface area (Å²) >= 11 is 0. The van der Waals surface area contributed by atoms with Crippen LogP contribution in [0.2, 0.25) is 0 Å². The van der Waals surface area contributed by atoms with Crippen LogP contribution >= 0.6 is 0 Å². The van der Waals surface area contributed by atoms with Gasteiger partial charge in [0, 0.05) is 23.9 Å². The summed E-state index contributed by atoms with van der Waals surface area (Å²) in [5, 5.41) is 12.3. The van der Waals surface area contributed by atoms with Crippen LogP contribution in [0.1, 0.15) is 5.56 Å². The molecule has 4 aromatic rings. The lowest BCUT2D eigenvalue weighted by molar-refractivity contribution is 0.282. The van der Waals surface area contributed by atoms with E-state index in [9.17, 15) is 13.5 Å². The first-order valence-electron chi connectivity index (χ1n) is 9.91. The third-order valence-corrected chi connectivity index (χ3v) is 6.19. The van der Waals surface area contributed by atoms with Gasteiger partial charge in [-0.1, -0.05) is 24.3 Å². The number of fused-ring (bicyclic) bond motifs is 1. The normalized spacial score (nSPS) is 11.2. The van der Waals surface area contributed by atoms with Crippen molar-refractivity contribution < 1.29 is 23.0 Å². The molecule has 170 valence electrons. The highest BCUT2D eigenvalue weighted by molar-refractivity contribution is 7.92. The second-order valence-electron chi connectivity index (χ2n) is 7.04. The number of benzene rings is 3. The predicted octanol–water partition coefficient (Wildman–Crippen LogP) is 3.68. The van der Waals surface area contributed by atoms with Crippen LogP contribution < -0.4 is 19.5 Å². The number of aromatic nitrogens is 2. The third-order valence-electron chi connectivity index (χ3n) is 4.83. The van der Waals surface area contributed by atoms with E-state index in [4.69, 9.17) is 9.47 Å². The lowest BCUT2D eigenvalue weighted by Crippen LogP contribution is -2.16. The number of methoxy groups -OCH3 is 2. The third kappa shape index (κ3) is 4.97. The fraction of sp³-hybridized carbons (Fsp3) is 0.130. The van der Waals surface area contributed by atoms with Crippen molar-refractivity contribution in [2.75, 3.05) is 24.3 Å². The smallest absolute Gasteiger partial charge is 0.263 e. The molecule has 1 aromatic heterocycles. The highest BCUT2D eigenvalue weighted by atomic mass is 32.2. The Morgan fingerprint density at radius 1 is 0.848 bits per heavy atom. The van der Waals surface area contributed by atoms with Gasteiger partial charge in [-0.2, -0.15) is 0 Å². The van der Waals surface area contributed by atoms with Gasteiger partial charge in [0.2, 0.25) is 0 Å². The molecule has 4 rings (SSSR count). The molecule has 9 nitrogen and oxygen atoms in total. The van der Waals surface area contributed by atoms with Crippen LogP contribution in [-0.2, 0) is 16.6 Å². The number of aliphatic hydroxyl groups excluding tert-OH is 1. The van der Waals surface area contributed by atoms with Gasteiger partial charge >= 0.3 is 0 Å². The summed E-state index contributed by atoms with van der Waals surface area (Å²) < 4.78 is 39.2. The lowest BCUT2D eigenvalue weighted by atomic mass is 10.2. The SMILES string of the molecule is COc1cc(Nc2nc3ccccc3nc2NS(=O)(=O)c2ccc(CO)cc2)cc(OC)c1. The topological polar surface area (TPSA) is 123 Å². The zero-order valence-corrected chi connectivity index (χ0v) is 18.8. The molecule has 0 spiro atoms. The van der Waals surface area contributed by atoms with Crippen LogP contribution in [0.3, 0.4) is 0 Å². The van der Waals surface area contributed by atoms with Crippen LogP contribution in [0.25, 0.3) is 11.0 Å². The van der Waals surface area contributed by atoms with Gasteiger partial charge in [0.05, 0.1) is 36.8 Å². The van der Waals surface area contributed by atoms with E-state index in [-0.39, 0.29) is 23.1 Å². The Bertz CT molecular complexity index is 1370. The van der Waals surface area contributed by atoms with Crippen LogP contribution in [-0.4, -0.2) is 37.7 Å². The largest absolute Gasteiger partial charge is 0.497 e. The zero-order valence-electron chi connectivity index (χ0n) is 17.9. The number of nitrogens with one attached hydrogen (secondary N) is 2. The Kier molecular flexibility index (Phi) is 6.29. The van der Waals surface area contributed by atoms with Gasteiger partial charge in [-0.05, 0) is 29.8 Å². The Hall–Kier alpha value is -3.89. The second-order valence-corrected chi connectivity index (χ2v) is 8.73. The summed E-state index contributed by atoms with van der Waals surface area (Å²) in [5.74, 6) is 1.34. The summed E-state index contributed by atoms with van der Waals surface area (Å²) in [5.41, 5.74) is 2.29. The first-order valence-corrected chi connectivity index (χ1v) is 11.4. The Morgan fingerprint density at radius 2 is 1.42 bits per heavy atom. The average Bonchev–Trinajstić information content (AvgIpc) is 2.84. The maximum atomic E-state index is 13.0. The van der Waals surface area contributed by atoms with Crippen molar-refractivity contribution in [2.24, 2.45) is 0 Å². The summed E-state index contributed by atoms with van der Waals surface area (Å²) in [4.78, 5) is 9.09. The van der Waals surface area contributed by atoms with Gasteiger partial charge in [-0.25, -0.2) is 18.4 Å². The van der Waals surface area contributed by atoms with Crippen LogP contribution in [0.15, 0.2) is 71.6 Å². The molecular formula is C23H22N4O5S. The van der Waals surface area contributed by atoms with E-state index in [0.29, 0.717) is 33.8 Å². The molecule has 0 aliphatic rings. The zero-order chi connectivity index (χ0) is 23.4. The minimum atomic E-state index is -3.97. The highest BCUT2D eigenvalue weighted by Crippen LogP contribution is 2.31. The van der Waals surface area contributed by atoms with E-state index in [0.717, 1.165) is 0 Å². The first kappa shape index (κ1) is 22.3. The predicted molar refractivity (Wildman–Crippen MR) is 126 cm³/mol. The number of ether oxygens (including phenoxy) is 2.